The molecule has 1 saturated heterocycles. The smallest absolute Gasteiger partial charge is 0.395 e. The molecule has 7 heteroatoms. The number of hydrogen-bond acceptors (Lipinski definition) is 4. The van der Waals surface area contributed by atoms with Crippen LogP contribution < -0.4 is 0 Å². The Hall–Kier alpha value is -1.15. The molecule has 0 spiro atoms. The Morgan fingerprint density at radius 2 is 1.74 bits per heavy atom. The average molecular weight is 332 g/mol. The summed E-state index contributed by atoms with van der Waals surface area (Å²) in [5.74, 6) is 0. The van der Waals surface area contributed by atoms with Gasteiger partial charge in [0, 0.05) is 39.3 Å². The maximum Gasteiger partial charge on any atom is 0.416 e. The lowest BCUT2D eigenvalue weighted by Gasteiger charge is -2.29. The van der Waals surface area contributed by atoms with Crippen molar-refractivity contribution in [1.29, 1.82) is 0 Å². The third kappa shape index (κ3) is 6.10. The van der Waals surface area contributed by atoms with Crippen LogP contribution in [0.15, 0.2) is 24.3 Å². The van der Waals surface area contributed by atoms with Gasteiger partial charge >= 0.3 is 6.18 Å². The summed E-state index contributed by atoms with van der Waals surface area (Å²) < 4.78 is 43.0. The summed E-state index contributed by atoms with van der Waals surface area (Å²) >= 11 is 0. The van der Waals surface area contributed by atoms with E-state index in [1.165, 1.54) is 12.1 Å². The molecular formula is C16H23F3N2O2. The van der Waals surface area contributed by atoms with Crippen LogP contribution >= 0.6 is 0 Å². The van der Waals surface area contributed by atoms with Gasteiger partial charge < -0.3 is 9.84 Å². The summed E-state index contributed by atoms with van der Waals surface area (Å²) in [7, 11) is 0. The Morgan fingerprint density at radius 3 is 2.30 bits per heavy atom. The highest BCUT2D eigenvalue weighted by molar-refractivity contribution is 5.24. The number of benzene rings is 1. The van der Waals surface area contributed by atoms with Crippen molar-refractivity contribution in [3.63, 3.8) is 0 Å². The first-order chi connectivity index (χ1) is 11.0. The SMILES string of the molecule is OCCN(CCN1CCOCC1)Cc1ccc(C(F)(F)F)cc1. The maximum atomic E-state index is 12.6. The molecule has 0 aromatic heterocycles. The fourth-order valence-electron chi connectivity index (χ4n) is 2.58. The molecule has 23 heavy (non-hydrogen) atoms. The standard InChI is InChI=1S/C16H23F3N2O2/c17-16(18,19)15-3-1-14(2-4-15)13-21(7-10-22)6-5-20-8-11-23-12-9-20/h1-4,22H,5-13H2. The number of aliphatic hydroxyl groups is 1. The van der Waals surface area contributed by atoms with Crippen LogP contribution in [0.4, 0.5) is 13.2 Å². The second-order valence-corrected chi connectivity index (χ2v) is 5.65. The van der Waals surface area contributed by atoms with Crippen molar-refractivity contribution in [2.45, 2.75) is 12.7 Å². The second-order valence-electron chi connectivity index (χ2n) is 5.65. The molecule has 1 aromatic rings. The van der Waals surface area contributed by atoms with Crippen molar-refractivity contribution in [3.8, 4) is 0 Å². The van der Waals surface area contributed by atoms with Crippen LogP contribution in [0.3, 0.4) is 0 Å². The summed E-state index contributed by atoms with van der Waals surface area (Å²) in [5, 5.41) is 9.18. The van der Waals surface area contributed by atoms with Gasteiger partial charge in [-0.1, -0.05) is 12.1 Å². The number of aliphatic hydroxyl groups excluding tert-OH is 1. The number of nitrogens with zero attached hydrogens (tertiary/aromatic N) is 2. The number of alkyl halides is 3. The van der Waals surface area contributed by atoms with E-state index in [0.717, 1.165) is 57.1 Å². The molecule has 4 nitrogen and oxygen atoms in total. The molecule has 0 radical (unpaired) electrons. The number of hydrogen-bond donors (Lipinski definition) is 1. The molecule has 1 N–H and O–H groups in total. The first-order valence-corrected chi connectivity index (χ1v) is 7.78. The van der Waals surface area contributed by atoms with Gasteiger partial charge in [-0.2, -0.15) is 13.2 Å². The first kappa shape index (κ1) is 18.2. The molecular weight excluding hydrogens is 309 g/mol. The summed E-state index contributed by atoms with van der Waals surface area (Å²) in [6.07, 6.45) is -4.31. The molecule has 1 aromatic carbocycles. The van der Waals surface area contributed by atoms with Crippen LogP contribution in [0, 0.1) is 0 Å². The van der Waals surface area contributed by atoms with E-state index >= 15 is 0 Å². The molecule has 0 amide bonds. The zero-order chi connectivity index (χ0) is 16.7. The van der Waals surface area contributed by atoms with Crippen LogP contribution in [0.2, 0.25) is 0 Å². The van der Waals surface area contributed by atoms with Gasteiger partial charge in [-0.25, -0.2) is 0 Å². The zero-order valence-corrected chi connectivity index (χ0v) is 13.1. The van der Waals surface area contributed by atoms with Crippen LogP contribution in [0.5, 0.6) is 0 Å². The Morgan fingerprint density at radius 1 is 1.09 bits per heavy atom. The highest BCUT2D eigenvalue weighted by Crippen LogP contribution is 2.29. The van der Waals surface area contributed by atoms with Gasteiger partial charge in [-0.3, -0.25) is 9.80 Å². The molecule has 0 aliphatic carbocycles. The quantitative estimate of drug-likeness (QED) is 0.826. The summed E-state index contributed by atoms with van der Waals surface area (Å²) in [6, 6.07) is 5.22. The minimum atomic E-state index is -4.31. The second kappa shape index (κ2) is 8.63. The van der Waals surface area contributed by atoms with Crippen LogP contribution in [-0.4, -0.2) is 67.5 Å². The van der Waals surface area contributed by atoms with Crippen molar-refractivity contribution in [2.24, 2.45) is 0 Å². The van der Waals surface area contributed by atoms with Crippen molar-refractivity contribution in [2.75, 3.05) is 52.5 Å². The van der Waals surface area contributed by atoms with E-state index in [1.807, 2.05) is 0 Å². The fourth-order valence-corrected chi connectivity index (χ4v) is 2.58. The van der Waals surface area contributed by atoms with Gasteiger partial charge in [0.15, 0.2) is 0 Å². The molecule has 1 aliphatic rings. The number of halogens is 3. The maximum absolute atomic E-state index is 12.6. The van der Waals surface area contributed by atoms with Crippen LogP contribution in [-0.2, 0) is 17.5 Å². The van der Waals surface area contributed by atoms with E-state index in [4.69, 9.17) is 4.74 Å². The van der Waals surface area contributed by atoms with Crippen molar-refractivity contribution < 1.29 is 23.0 Å². The molecule has 0 atom stereocenters. The Kier molecular flexibility index (Phi) is 6.83. The molecule has 1 aliphatic heterocycles. The predicted molar refractivity (Wildman–Crippen MR) is 81.1 cm³/mol. The lowest BCUT2D eigenvalue weighted by atomic mass is 10.1. The van der Waals surface area contributed by atoms with Crippen molar-refractivity contribution >= 4 is 0 Å². The summed E-state index contributed by atoms with van der Waals surface area (Å²) in [5.41, 5.74) is 0.178. The third-order valence-corrected chi connectivity index (χ3v) is 3.94. The molecule has 1 heterocycles. The minimum absolute atomic E-state index is 0.0315. The van der Waals surface area contributed by atoms with Gasteiger partial charge in [-0.05, 0) is 17.7 Å². The van der Waals surface area contributed by atoms with E-state index in [-0.39, 0.29) is 6.61 Å². The highest BCUT2D eigenvalue weighted by Gasteiger charge is 2.29. The van der Waals surface area contributed by atoms with E-state index < -0.39 is 11.7 Å². The Labute approximate surface area is 134 Å². The van der Waals surface area contributed by atoms with E-state index in [9.17, 15) is 18.3 Å². The van der Waals surface area contributed by atoms with E-state index in [0.29, 0.717) is 13.1 Å². The van der Waals surface area contributed by atoms with Gasteiger partial charge in [0.1, 0.15) is 0 Å². The molecule has 1 fully saturated rings. The zero-order valence-electron chi connectivity index (χ0n) is 13.1. The van der Waals surface area contributed by atoms with Gasteiger partial charge in [0.2, 0.25) is 0 Å². The highest BCUT2D eigenvalue weighted by atomic mass is 19.4. The molecule has 0 saturated carbocycles. The van der Waals surface area contributed by atoms with E-state index in [2.05, 4.69) is 9.80 Å². The Bertz CT molecular complexity index is 459. The molecule has 0 unspecified atom stereocenters. The van der Waals surface area contributed by atoms with Crippen LogP contribution in [0.25, 0.3) is 0 Å². The fraction of sp³-hybridized carbons (Fsp3) is 0.625. The topological polar surface area (TPSA) is 35.9 Å². The molecule has 0 bridgehead atoms. The van der Waals surface area contributed by atoms with Gasteiger partial charge in [-0.15, -0.1) is 0 Å². The van der Waals surface area contributed by atoms with Gasteiger partial charge in [0.25, 0.3) is 0 Å². The number of ether oxygens (including phenoxy) is 1. The Balaban J connectivity index is 1.87. The lowest BCUT2D eigenvalue weighted by Crippen LogP contribution is -2.41. The molecule has 2 rings (SSSR count). The minimum Gasteiger partial charge on any atom is -0.395 e. The summed E-state index contributed by atoms with van der Waals surface area (Å²) in [4.78, 5) is 4.35. The third-order valence-electron chi connectivity index (χ3n) is 3.94. The number of morpholine rings is 1. The summed E-state index contributed by atoms with van der Waals surface area (Å²) in [6.45, 7) is 5.96. The average Bonchev–Trinajstić information content (AvgIpc) is 2.53. The predicted octanol–water partition coefficient (Wildman–Crippen LogP) is 1.83. The first-order valence-electron chi connectivity index (χ1n) is 7.78. The van der Waals surface area contributed by atoms with E-state index in [1.54, 1.807) is 0 Å². The largest absolute Gasteiger partial charge is 0.416 e. The monoisotopic (exact) mass is 332 g/mol. The van der Waals surface area contributed by atoms with Crippen molar-refractivity contribution in [3.05, 3.63) is 35.4 Å². The van der Waals surface area contributed by atoms with Gasteiger partial charge in [0.05, 0.1) is 25.4 Å². The number of rotatable bonds is 7. The lowest BCUT2D eigenvalue weighted by molar-refractivity contribution is -0.137. The van der Waals surface area contributed by atoms with Crippen LogP contribution in [0.1, 0.15) is 11.1 Å². The molecule has 130 valence electrons. The van der Waals surface area contributed by atoms with Crippen molar-refractivity contribution in [1.82, 2.24) is 9.80 Å². The normalized spacial score (nSPS) is 16.9.